The highest BCUT2D eigenvalue weighted by molar-refractivity contribution is 9.10. The van der Waals surface area contributed by atoms with Crippen LogP contribution in [0.15, 0.2) is 34.8 Å². The average Bonchev–Trinajstić information content (AvgIpc) is 2.93. The summed E-state index contributed by atoms with van der Waals surface area (Å²) in [6.45, 7) is 1.93. The Hall–Kier alpha value is -1.50. The fraction of sp³-hybridized carbons (Fsp3) is 0.0714. The number of fused-ring (bicyclic) bond motifs is 1. The van der Waals surface area contributed by atoms with Gasteiger partial charge in [0.05, 0.1) is 22.4 Å². The Bertz CT molecular complexity index is 849. The first-order valence-corrected chi connectivity index (χ1v) is 7.94. The van der Waals surface area contributed by atoms with E-state index in [9.17, 15) is 4.79 Å². The Morgan fingerprint density at radius 2 is 2.10 bits per heavy atom. The van der Waals surface area contributed by atoms with Gasteiger partial charge in [0, 0.05) is 10.0 Å². The average molecular weight is 383 g/mol. The van der Waals surface area contributed by atoms with Crippen molar-refractivity contribution >= 4 is 61.9 Å². The van der Waals surface area contributed by atoms with E-state index in [1.165, 1.54) is 0 Å². The molecule has 1 aromatic heterocycles. The van der Waals surface area contributed by atoms with Gasteiger partial charge in [-0.3, -0.25) is 4.79 Å². The molecule has 2 aromatic carbocycles. The standard InChI is InChI=1S/C14H9BrClN3OS/c1-7-6-8(2-3-9(7)15)14(20)17-12-10(16)4-5-11-13(12)19-21-18-11/h2-6H,1H3,(H,17,20). The molecule has 106 valence electrons. The first-order valence-electron chi connectivity index (χ1n) is 6.04. The predicted octanol–water partition coefficient (Wildman–Crippen LogP) is 4.67. The predicted molar refractivity (Wildman–Crippen MR) is 89.3 cm³/mol. The lowest BCUT2D eigenvalue weighted by atomic mass is 10.1. The van der Waals surface area contributed by atoms with Crippen LogP contribution < -0.4 is 5.32 Å². The van der Waals surface area contributed by atoms with Crippen LogP contribution in [-0.4, -0.2) is 14.7 Å². The van der Waals surface area contributed by atoms with Crippen LogP contribution >= 0.6 is 39.3 Å². The quantitative estimate of drug-likeness (QED) is 0.701. The van der Waals surface area contributed by atoms with Crippen molar-refractivity contribution in [2.24, 2.45) is 0 Å². The maximum absolute atomic E-state index is 12.4. The van der Waals surface area contributed by atoms with Crippen LogP contribution in [0.5, 0.6) is 0 Å². The fourth-order valence-electron chi connectivity index (χ4n) is 1.92. The molecule has 0 saturated carbocycles. The lowest BCUT2D eigenvalue weighted by Crippen LogP contribution is -2.12. The van der Waals surface area contributed by atoms with E-state index >= 15 is 0 Å². The summed E-state index contributed by atoms with van der Waals surface area (Å²) in [5.74, 6) is -0.229. The lowest BCUT2D eigenvalue weighted by Gasteiger charge is -2.08. The van der Waals surface area contributed by atoms with Crippen LogP contribution in [0.4, 0.5) is 5.69 Å². The molecule has 4 nitrogen and oxygen atoms in total. The van der Waals surface area contributed by atoms with Gasteiger partial charge in [-0.1, -0.05) is 27.5 Å². The van der Waals surface area contributed by atoms with Crippen molar-refractivity contribution in [2.45, 2.75) is 6.92 Å². The number of aryl methyl sites for hydroxylation is 1. The Morgan fingerprint density at radius 1 is 1.29 bits per heavy atom. The number of nitrogens with one attached hydrogen (secondary N) is 1. The summed E-state index contributed by atoms with van der Waals surface area (Å²) in [6.07, 6.45) is 0. The Labute approximate surface area is 138 Å². The molecule has 0 spiro atoms. The number of nitrogens with zero attached hydrogens (tertiary/aromatic N) is 2. The van der Waals surface area contributed by atoms with E-state index in [0.29, 0.717) is 27.3 Å². The molecule has 1 heterocycles. The molecule has 0 fully saturated rings. The number of carbonyl (C=O) groups is 1. The largest absolute Gasteiger partial charge is 0.319 e. The van der Waals surface area contributed by atoms with Crippen LogP contribution in [0.25, 0.3) is 11.0 Å². The summed E-state index contributed by atoms with van der Waals surface area (Å²) >= 11 is 10.7. The van der Waals surface area contributed by atoms with Gasteiger partial charge in [0.15, 0.2) is 0 Å². The lowest BCUT2D eigenvalue weighted by molar-refractivity contribution is 0.102. The molecule has 1 amide bonds. The monoisotopic (exact) mass is 381 g/mol. The summed E-state index contributed by atoms with van der Waals surface area (Å²) in [5, 5.41) is 3.26. The summed E-state index contributed by atoms with van der Waals surface area (Å²) in [6, 6.07) is 8.89. The first kappa shape index (κ1) is 14.4. The maximum Gasteiger partial charge on any atom is 0.255 e. The molecule has 1 N–H and O–H groups in total. The van der Waals surface area contributed by atoms with Crippen LogP contribution in [0, 0.1) is 6.92 Å². The SMILES string of the molecule is Cc1cc(C(=O)Nc2c(Cl)ccc3nsnc23)ccc1Br. The highest BCUT2D eigenvalue weighted by atomic mass is 79.9. The molecule has 0 saturated heterocycles. The van der Waals surface area contributed by atoms with Gasteiger partial charge >= 0.3 is 0 Å². The normalized spacial score (nSPS) is 10.8. The number of benzene rings is 2. The van der Waals surface area contributed by atoms with E-state index in [4.69, 9.17) is 11.6 Å². The van der Waals surface area contributed by atoms with Gasteiger partial charge in [-0.25, -0.2) is 0 Å². The molecule has 0 unspecified atom stereocenters. The minimum atomic E-state index is -0.229. The summed E-state index contributed by atoms with van der Waals surface area (Å²) in [4.78, 5) is 12.4. The minimum absolute atomic E-state index is 0.229. The van der Waals surface area contributed by atoms with Crippen LogP contribution in [0.3, 0.4) is 0 Å². The molecular weight excluding hydrogens is 374 g/mol. The van der Waals surface area contributed by atoms with Crippen LogP contribution in [-0.2, 0) is 0 Å². The van der Waals surface area contributed by atoms with Gasteiger partial charge in [-0.15, -0.1) is 0 Å². The Morgan fingerprint density at radius 3 is 2.86 bits per heavy atom. The van der Waals surface area contributed by atoms with Gasteiger partial charge in [0.1, 0.15) is 11.0 Å². The maximum atomic E-state index is 12.4. The van der Waals surface area contributed by atoms with Crippen molar-refractivity contribution in [3.63, 3.8) is 0 Å². The second kappa shape index (κ2) is 5.71. The first-order chi connectivity index (χ1) is 10.1. The number of rotatable bonds is 2. The van der Waals surface area contributed by atoms with E-state index in [1.807, 2.05) is 19.1 Å². The molecule has 0 bridgehead atoms. The zero-order chi connectivity index (χ0) is 15.0. The summed E-state index contributed by atoms with van der Waals surface area (Å²) < 4.78 is 9.28. The van der Waals surface area contributed by atoms with Crippen molar-refractivity contribution in [2.75, 3.05) is 5.32 Å². The topological polar surface area (TPSA) is 54.9 Å². The molecular formula is C14H9BrClN3OS. The number of carbonyl (C=O) groups excluding carboxylic acids is 1. The van der Waals surface area contributed by atoms with Crippen LogP contribution in [0.2, 0.25) is 5.02 Å². The van der Waals surface area contributed by atoms with Gasteiger partial charge in [-0.05, 0) is 42.8 Å². The Kier molecular flexibility index (Phi) is 3.93. The van der Waals surface area contributed by atoms with Crippen molar-refractivity contribution in [3.8, 4) is 0 Å². The highest BCUT2D eigenvalue weighted by Gasteiger charge is 2.14. The number of amides is 1. The van der Waals surface area contributed by atoms with Crippen molar-refractivity contribution in [1.82, 2.24) is 8.75 Å². The van der Waals surface area contributed by atoms with Gasteiger partial charge in [0.25, 0.3) is 5.91 Å². The van der Waals surface area contributed by atoms with Crippen LogP contribution in [0.1, 0.15) is 15.9 Å². The zero-order valence-corrected chi connectivity index (χ0v) is 14.0. The third-order valence-electron chi connectivity index (χ3n) is 3.04. The number of hydrogen-bond acceptors (Lipinski definition) is 4. The van der Waals surface area contributed by atoms with E-state index in [2.05, 4.69) is 30.0 Å². The van der Waals surface area contributed by atoms with Crippen molar-refractivity contribution in [3.05, 3.63) is 51.0 Å². The number of anilines is 1. The molecule has 0 aliphatic rings. The van der Waals surface area contributed by atoms with Gasteiger partial charge in [0.2, 0.25) is 0 Å². The van der Waals surface area contributed by atoms with Crippen molar-refractivity contribution < 1.29 is 4.79 Å². The summed E-state index contributed by atoms with van der Waals surface area (Å²) in [7, 11) is 0. The smallest absolute Gasteiger partial charge is 0.255 e. The Balaban J connectivity index is 1.98. The third kappa shape index (κ3) is 2.79. The highest BCUT2D eigenvalue weighted by Crippen LogP contribution is 2.30. The van der Waals surface area contributed by atoms with Gasteiger partial charge < -0.3 is 5.32 Å². The molecule has 7 heteroatoms. The summed E-state index contributed by atoms with van der Waals surface area (Å²) in [5.41, 5.74) is 3.36. The molecule has 0 aliphatic carbocycles. The third-order valence-corrected chi connectivity index (χ3v) is 4.78. The number of aromatic nitrogens is 2. The molecule has 0 radical (unpaired) electrons. The van der Waals surface area contributed by atoms with E-state index in [-0.39, 0.29) is 5.91 Å². The van der Waals surface area contributed by atoms with Gasteiger partial charge in [-0.2, -0.15) is 8.75 Å². The molecule has 3 rings (SSSR count). The zero-order valence-electron chi connectivity index (χ0n) is 10.9. The molecule has 0 atom stereocenters. The number of halogens is 2. The number of hydrogen-bond donors (Lipinski definition) is 1. The second-order valence-corrected chi connectivity index (χ2v) is 6.26. The minimum Gasteiger partial charge on any atom is -0.319 e. The fourth-order valence-corrected chi connectivity index (χ4v) is 2.91. The van der Waals surface area contributed by atoms with E-state index in [0.717, 1.165) is 21.8 Å². The second-order valence-electron chi connectivity index (χ2n) is 4.47. The van der Waals surface area contributed by atoms with Crippen molar-refractivity contribution in [1.29, 1.82) is 0 Å². The van der Waals surface area contributed by atoms with E-state index in [1.54, 1.807) is 18.2 Å². The van der Waals surface area contributed by atoms with E-state index < -0.39 is 0 Å². The molecule has 21 heavy (non-hydrogen) atoms. The molecule has 0 aliphatic heterocycles. The molecule has 3 aromatic rings.